The Bertz CT molecular complexity index is 1620. The van der Waals surface area contributed by atoms with Gasteiger partial charge in [0.25, 0.3) is 10.0 Å². The number of rotatable bonds is 9. The molecule has 0 saturated carbocycles. The zero-order chi connectivity index (χ0) is 27.0. The van der Waals surface area contributed by atoms with E-state index in [2.05, 4.69) is 74.0 Å². The monoisotopic (exact) mass is 557 g/mol. The lowest BCUT2D eigenvalue weighted by atomic mass is 9.53. The zero-order valence-corrected chi connectivity index (χ0v) is 22.9. The first-order valence-corrected chi connectivity index (χ1v) is 15.0. The largest absolute Gasteiger partial charge is 0.488 e. The van der Waals surface area contributed by atoms with Crippen molar-refractivity contribution >= 4 is 26.7 Å². The van der Waals surface area contributed by atoms with E-state index < -0.39 is 10.0 Å². The summed E-state index contributed by atoms with van der Waals surface area (Å²) in [5.74, 6) is 0.770. The standard InChI is InChI=1S/C29H27N5O3S2/c1-31-17-20(37-27-11-10-21(14-19(27)16-30)39(35,36)34-28-32-18-33-38-28)15-29-13-12-22(23-6-2-4-8-25(23)29)24-7-3-5-9-26(24)29/h2-11,14,18,20,22,31H,12-13,15,17H2,1H3,(H,32,33,34). The van der Waals surface area contributed by atoms with Crippen LogP contribution in [-0.4, -0.2) is 37.5 Å². The van der Waals surface area contributed by atoms with Crippen LogP contribution in [0, 0.1) is 11.3 Å². The number of nitrogens with zero attached hydrogens (tertiary/aromatic N) is 3. The highest BCUT2D eigenvalue weighted by Gasteiger charge is 2.49. The first kappa shape index (κ1) is 25.5. The second-order valence-electron chi connectivity index (χ2n) is 9.97. The van der Waals surface area contributed by atoms with Gasteiger partial charge in [0.2, 0.25) is 5.13 Å². The van der Waals surface area contributed by atoms with Gasteiger partial charge >= 0.3 is 0 Å². The number of likely N-dealkylation sites (N-methyl/N-ethyl adjacent to an activating group) is 1. The van der Waals surface area contributed by atoms with Crippen LogP contribution >= 0.6 is 11.5 Å². The summed E-state index contributed by atoms with van der Waals surface area (Å²) in [5, 5.41) is 13.3. The highest BCUT2D eigenvalue weighted by atomic mass is 32.2. The maximum atomic E-state index is 12.9. The van der Waals surface area contributed by atoms with E-state index in [9.17, 15) is 13.7 Å². The minimum atomic E-state index is -3.93. The van der Waals surface area contributed by atoms with Gasteiger partial charge < -0.3 is 10.1 Å². The molecule has 2 bridgehead atoms. The van der Waals surface area contributed by atoms with Crippen LogP contribution in [-0.2, 0) is 15.4 Å². The summed E-state index contributed by atoms with van der Waals surface area (Å²) < 4.78 is 38.4. The van der Waals surface area contributed by atoms with Gasteiger partial charge in [-0.15, -0.1) is 0 Å². The van der Waals surface area contributed by atoms with Gasteiger partial charge in [0, 0.05) is 29.4 Å². The Balaban J connectivity index is 1.33. The number of sulfonamides is 1. The van der Waals surface area contributed by atoms with Gasteiger partial charge in [0.1, 0.15) is 24.3 Å². The number of nitriles is 1. The van der Waals surface area contributed by atoms with Gasteiger partial charge in [-0.05, 0) is 66.8 Å². The average molecular weight is 558 g/mol. The Morgan fingerprint density at radius 2 is 1.85 bits per heavy atom. The number of hydrogen-bond donors (Lipinski definition) is 2. The Labute approximate surface area is 231 Å². The molecule has 198 valence electrons. The Morgan fingerprint density at radius 3 is 2.49 bits per heavy atom. The van der Waals surface area contributed by atoms with Crippen molar-refractivity contribution in [1.82, 2.24) is 14.7 Å². The molecule has 1 heterocycles. The molecule has 3 aliphatic rings. The molecule has 10 heteroatoms. The van der Waals surface area contributed by atoms with Gasteiger partial charge in [-0.2, -0.15) is 9.64 Å². The Morgan fingerprint density at radius 1 is 1.13 bits per heavy atom. The van der Waals surface area contributed by atoms with Crippen molar-refractivity contribution in [2.45, 2.75) is 41.6 Å². The third-order valence-corrected chi connectivity index (χ3v) is 9.88. The van der Waals surface area contributed by atoms with Crippen LogP contribution in [0.5, 0.6) is 5.75 Å². The first-order chi connectivity index (χ1) is 18.9. The number of benzene rings is 3. The summed E-state index contributed by atoms with van der Waals surface area (Å²) in [4.78, 5) is 3.83. The molecule has 1 unspecified atom stereocenters. The molecule has 3 aliphatic carbocycles. The van der Waals surface area contributed by atoms with Crippen LogP contribution in [0.1, 0.15) is 53.0 Å². The number of ether oxygens (including phenoxy) is 1. The molecule has 0 amide bonds. The molecule has 1 aromatic heterocycles. The number of aromatic nitrogens is 2. The fourth-order valence-electron chi connectivity index (χ4n) is 6.29. The minimum absolute atomic E-state index is 0.0428. The van der Waals surface area contributed by atoms with Crippen molar-refractivity contribution < 1.29 is 13.2 Å². The SMILES string of the molecule is CNCC(CC12CCC(c3ccccc31)c1ccccc12)Oc1ccc(S(=O)(=O)Nc2ncns2)cc1C#N. The van der Waals surface area contributed by atoms with E-state index in [0.717, 1.165) is 30.8 Å². The molecule has 0 saturated heterocycles. The summed E-state index contributed by atoms with van der Waals surface area (Å²) in [6.07, 6.45) is 3.84. The molecule has 8 nitrogen and oxygen atoms in total. The Kier molecular flexibility index (Phi) is 6.59. The lowest BCUT2D eigenvalue weighted by molar-refractivity contribution is 0.151. The van der Waals surface area contributed by atoms with Crippen molar-refractivity contribution in [3.63, 3.8) is 0 Å². The van der Waals surface area contributed by atoms with E-state index in [-0.39, 0.29) is 27.1 Å². The van der Waals surface area contributed by atoms with E-state index >= 15 is 0 Å². The van der Waals surface area contributed by atoms with Crippen LogP contribution in [0.3, 0.4) is 0 Å². The van der Waals surface area contributed by atoms with Crippen LogP contribution in [0.25, 0.3) is 0 Å². The molecule has 3 aromatic carbocycles. The predicted octanol–water partition coefficient (Wildman–Crippen LogP) is 4.79. The Hall–Kier alpha value is -3.78. The summed E-state index contributed by atoms with van der Waals surface area (Å²) in [7, 11) is -2.05. The van der Waals surface area contributed by atoms with E-state index in [0.29, 0.717) is 18.2 Å². The van der Waals surface area contributed by atoms with Crippen molar-refractivity contribution in [3.8, 4) is 11.8 Å². The first-order valence-electron chi connectivity index (χ1n) is 12.8. The normalized spacial score (nSPS) is 19.9. The van der Waals surface area contributed by atoms with Gasteiger partial charge in [-0.3, -0.25) is 4.72 Å². The fraction of sp³-hybridized carbons (Fsp3) is 0.276. The molecule has 0 radical (unpaired) electrons. The molecule has 0 aliphatic heterocycles. The third-order valence-electron chi connectivity index (χ3n) is 7.83. The summed E-state index contributed by atoms with van der Waals surface area (Å²) in [6.45, 7) is 0.568. The van der Waals surface area contributed by atoms with Crippen LogP contribution in [0.2, 0.25) is 0 Å². The summed E-state index contributed by atoms with van der Waals surface area (Å²) in [6, 6.07) is 23.9. The van der Waals surface area contributed by atoms with E-state index in [1.54, 1.807) is 6.07 Å². The second-order valence-corrected chi connectivity index (χ2v) is 12.4. The molecule has 39 heavy (non-hydrogen) atoms. The van der Waals surface area contributed by atoms with E-state index in [4.69, 9.17) is 4.74 Å². The lowest BCUT2D eigenvalue weighted by Gasteiger charge is -2.50. The minimum Gasteiger partial charge on any atom is -0.488 e. The number of nitrogens with one attached hydrogen (secondary N) is 2. The van der Waals surface area contributed by atoms with Crippen molar-refractivity contribution in [1.29, 1.82) is 5.26 Å². The van der Waals surface area contributed by atoms with Gasteiger partial charge in [-0.25, -0.2) is 13.4 Å². The van der Waals surface area contributed by atoms with E-state index in [1.807, 2.05) is 7.05 Å². The van der Waals surface area contributed by atoms with Gasteiger partial charge in [-0.1, -0.05) is 48.5 Å². The molecule has 0 fully saturated rings. The lowest BCUT2D eigenvalue weighted by Crippen LogP contribution is -2.45. The second kappa shape index (κ2) is 10.1. The maximum absolute atomic E-state index is 12.9. The summed E-state index contributed by atoms with van der Waals surface area (Å²) in [5.41, 5.74) is 5.44. The molecular weight excluding hydrogens is 530 g/mol. The van der Waals surface area contributed by atoms with Gasteiger partial charge in [0.05, 0.1) is 10.5 Å². The predicted molar refractivity (Wildman–Crippen MR) is 150 cm³/mol. The van der Waals surface area contributed by atoms with Crippen molar-refractivity contribution in [2.75, 3.05) is 18.3 Å². The van der Waals surface area contributed by atoms with Gasteiger partial charge in [0.15, 0.2) is 0 Å². The molecular formula is C29H27N5O3S2. The highest BCUT2D eigenvalue weighted by molar-refractivity contribution is 7.93. The van der Waals surface area contributed by atoms with Crippen LogP contribution < -0.4 is 14.8 Å². The van der Waals surface area contributed by atoms with Crippen LogP contribution in [0.15, 0.2) is 78.0 Å². The molecule has 2 N–H and O–H groups in total. The maximum Gasteiger partial charge on any atom is 0.263 e. The smallest absolute Gasteiger partial charge is 0.263 e. The van der Waals surface area contributed by atoms with E-state index in [1.165, 1.54) is 40.7 Å². The molecule has 0 spiro atoms. The topological polar surface area (TPSA) is 117 Å². The molecule has 4 aromatic rings. The van der Waals surface area contributed by atoms with Crippen molar-refractivity contribution in [2.24, 2.45) is 0 Å². The third kappa shape index (κ3) is 4.46. The summed E-state index contributed by atoms with van der Waals surface area (Å²) >= 11 is 0.935. The van der Waals surface area contributed by atoms with Crippen molar-refractivity contribution in [3.05, 3.63) is 101 Å². The molecule has 1 atom stereocenters. The molecule has 7 rings (SSSR count). The average Bonchev–Trinajstić information content (AvgIpc) is 3.46. The highest BCUT2D eigenvalue weighted by Crippen LogP contribution is 2.58. The number of fused-ring (bicyclic) bond motifs is 1. The quantitative estimate of drug-likeness (QED) is 0.304. The fourth-order valence-corrected chi connectivity index (χ4v) is 7.98. The van der Waals surface area contributed by atoms with Crippen LogP contribution in [0.4, 0.5) is 5.13 Å². The number of hydrogen-bond acceptors (Lipinski definition) is 8. The number of anilines is 1. The zero-order valence-electron chi connectivity index (χ0n) is 21.3.